The van der Waals surface area contributed by atoms with Crippen molar-refractivity contribution in [2.45, 2.75) is 25.6 Å². The van der Waals surface area contributed by atoms with Crippen LogP contribution in [0.1, 0.15) is 29.3 Å². The Morgan fingerprint density at radius 1 is 1.21 bits per heavy atom. The largest absolute Gasteiger partial charge is 0.416 e. The average molecular weight is 342 g/mol. The van der Waals surface area contributed by atoms with Crippen molar-refractivity contribution >= 4 is 11.9 Å². The molecule has 1 aromatic carbocycles. The number of nitrogens with zero attached hydrogens (tertiary/aromatic N) is 1. The monoisotopic (exact) mass is 342 g/mol. The second-order valence-corrected chi connectivity index (χ2v) is 5.79. The van der Waals surface area contributed by atoms with Gasteiger partial charge in [0.25, 0.3) is 5.91 Å². The lowest BCUT2D eigenvalue weighted by atomic mass is 10.1. The third-order valence-electron chi connectivity index (χ3n) is 3.83. The fourth-order valence-electron chi connectivity index (χ4n) is 2.16. The zero-order valence-corrected chi connectivity index (χ0v) is 13.6. The Kier molecular flexibility index (Phi) is 5.69. The Morgan fingerprint density at radius 3 is 2.29 bits per heavy atom. The van der Waals surface area contributed by atoms with Gasteiger partial charge in [-0.05, 0) is 36.6 Å². The number of nitrogens with one attached hydrogen (secondary N) is 3. The van der Waals surface area contributed by atoms with Gasteiger partial charge < -0.3 is 16.0 Å². The van der Waals surface area contributed by atoms with E-state index >= 15 is 0 Å². The van der Waals surface area contributed by atoms with Gasteiger partial charge in [0.1, 0.15) is 0 Å². The number of hydrogen-bond acceptors (Lipinski definition) is 2. The first kappa shape index (κ1) is 18.1. The minimum absolute atomic E-state index is 0.192. The van der Waals surface area contributed by atoms with Crippen molar-refractivity contribution in [3.8, 4) is 0 Å². The second-order valence-electron chi connectivity index (χ2n) is 5.79. The van der Waals surface area contributed by atoms with E-state index in [1.807, 2.05) is 0 Å². The Hall–Kier alpha value is -2.25. The average Bonchev–Trinajstić information content (AvgIpc) is 3.24. The second kappa shape index (κ2) is 7.55. The summed E-state index contributed by atoms with van der Waals surface area (Å²) < 4.78 is 37.4. The molecule has 0 radical (unpaired) electrons. The maximum atomic E-state index is 12.5. The standard InChI is InChI=1S/C16H21F3N4O/c1-10-9-13(10)23-15(20-2)22-8-7-21-14(24)11-3-5-12(6-4-11)16(17,18)19/h3-6,10,13H,7-9H2,1-2H3,(H,21,24)(H2,20,22,23). The maximum Gasteiger partial charge on any atom is 0.416 e. The number of carbonyl (C=O) groups excluding carboxylic acids is 1. The van der Waals surface area contributed by atoms with E-state index in [9.17, 15) is 18.0 Å². The highest BCUT2D eigenvalue weighted by Crippen LogP contribution is 2.29. The molecule has 24 heavy (non-hydrogen) atoms. The van der Waals surface area contributed by atoms with Gasteiger partial charge in [-0.3, -0.25) is 9.79 Å². The molecule has 1 aromatic rings. The molecule has 1 aliphatic carbocycles. The number of halogens is 3. The van der Waals surface area contributed by atoms with Crippen LogP contribution in [0.25, 0.3) is 0 Å². The molecule has 0 heterocycles. The van der Waals surface area contributed by atoms with Crippen molar-refractivity contribution in [3.63, 3.8) is 0 Å². The summed E-state index contributed by atoms with van der Waals surface area (Å²) in [4.78, 5) is 16.0. The third-order valence-corrected chi connectivity index (χ3v) is 3.83. The molecular formula is C16H21F3N4O. The SMILES string of the molecule is CN=C(NCCNC(=O)c1ccc(C(F)(F)F)cc1)NC1CC1C. The lowest BCUT2D eigenvalue weighted by Gasteiger charge is -2.12. The molecule has 5 nitrogen and oxygen atoms in total. The zero-order chi connectivity index (χ0) is 17.7. The van der Waals surface area contributed by atoms with E-state index in [4.69, 9.17) is 0 Å². The molecule has 132 valence electrons. The van der Waals surface area contributed by atoms with Crippen LogP contribution in [0.3, 0.4) is 0 Å². The molecule has 2 unspecified atom stereocenters. The molecule has 1 amide bonds. The predicted octanol–water partition coefficient (Wildman–Crippen LogP) is 2.01. The summed E-state index contributed by atoms with van der Waals surface area (Å²) in [6.07, 6.45) is -3.29. The molecule has 2 atom stereocenters. The number of aliphatic imine (C=N–C) groups is 1. The third kappa shape index (κ3) is 5.14. The minimum Gasteiger partial charge on any atom is -0.355 e. The highest BCUT2D eigenvalue weighted by atomic mass is 19.4. The molecule has 0 saturated heterocycles. The molecule has 0 bridgehead atoms. The van der Waals surface area contributed by atoms with Crippen LogP contribution in [-0.2, 0) is 6.18 Å². The first-order valence-electron chi connectivity index (χ1n) is 7.74. The van der Waals surface area contributed by atoms with Crippen LogP contribution >= 0.6 is 0 Å². The number of rotatable bonds is 5. The number of amides is 1. The van der Waals surface area contributed by atoms with E-state index in [-0.39, 0.29) is 5.56 Å². The summed E-state index contributed by atoms with van der Waals surface area (Å²) in [5.74, 6) is 0.903. The van der Waals surface area contributed by atoms with Crippen LogP contribution in [0.15, 0.2) is 29.3 Å². The van der Waals surface area contributed by atoms with Crippen molar-refractivity contribution in [2.75, 3.05) is 20.1 Å². The van der Waals surface area contributed by atoms with E-state index in [1.54, 1.807) is 7.05 Å². The van der Waals surface area contributed by atoms with Crippen molar-refractivity contribution in [1.82, 2.24) is 16.0 Å². The summed E-state index contributed by atoms with van der Waals surface area (Å²) in [5.41, 5.74) is -0.581. The Balaban J connectivity index is 1.72. The van der Waals surface area contributed by atoms with Crippen LogP contribution in [0, 0.1) is 5.92 Å². The molecule has 0 spiro atoms. The van der Waals surface area contributed by atoms with Crippen molar-refractivity contribution in [3.05, 3.63) is 35.4 Å². The van der Waals surface area contributed by atoms with Crippen LogP contribution in [0.5, 0.6) is 0 Å². The van der Waals surface area contributed by atoms with Gasteiger partial charge in [-0.15, -0.1) is 0 Å². The lowest BCUT2D eigenvalue weighted by Crippen LogP contribution is -2.42. The van der Waals surface area contributed by atoms with Gasteiger partial charge in [0.2, 0.25) is 0 Å². The fraction of sp³-hybridized carbons (Fsp3) is 0.500. The summed E-state index contributed by atoms with van der Waals surface area (Å²) in [6.45, 7) is 2.95. The van der Waals surface area contributed by atoms with Gasteiger partial charge in [-0.2, -0.15) is 13.2 Å². The van der Waals surface area contributed by atoms with E-state index in [2.05, 4.69) is 27.9 Å². The number of hydrogen-bond donors (Lipinski definition) is 3. The van der Waals surface area contributed by atoms with Crippen LogP contribution in [0.2, 0.25) is 0 Å². The highest BCUT2D eigenvalue weighted by Gasteiger charge is 2.33. The van der Waals surface area contributed by atoms with Crippen molar-refractivity contribution in [2.24, 2.45) is 10.9 Å². The van der Waals surface area contributed by atoms with Gasteiger partial charge >= 0.3 is 6.18 Å². The van der Waals surface area contributed by atoms with Crippen molar-refractivity contribution < 1.29 is 18.0 Å². The highest BCUT2D eigenvalue weighted by molar-refractivity contribution is 5.94. The molecule has 8 heteroatoms. The van der Waals surface area contributed by atoms with Gasteiger partial charge in [-0.25, -0.2) is 0 Å². The van der Waals surface area contributed by atoms with Gasteiger partial charge in [0, 0.05) is 31.7 Å². The quantitative estimate of drug-likeness (QED) is 0.436. The molecule has 2 rings (SSSR count). The number of benzene rings is 1. The first-order chi connectivity index (χ1) is 11.3. The Morgan fingerprint density at radius 2 is 1.79 bits per heavy atom. The molecule has 0 aromatic heterocycles. The van der Waals surface area contributed by atoms with E-state index in [1.165, 1.54) is 12.1 Å². The lowest BCUT2D eigenvalue weighted by molar-refractivity contribution is -0.137. The molecule has 1 aliphatic rings. The fourth-order valence-corrected chi connectivity index (χ4v) is 2.16. The van der Waals surface area contributed by atoms with Gasteiger partial charge in [-0.1, -0.05) is 6.92 Å². The molecule has 0 aliphatic heterocycles. The van der Waals surface area contributed by atoms with Crippen molar-refractivity contribution in [1.29, 1.82) is 0 Å². The van der Waals surface area contributed by atoms with Gasteiger partial charge in [0.05, 0.1) is 5.56 Å². The molecule has 3 N–H and O–H groups in total. The zero-order valence-electron chi connectivity index (χ0n) is 13.6. The molecular weight excluding hydrogens is 321 g/mol. The van der Waals surface area contributed by atoms with E-state index in [0.29, 0.717) is 31.0 Å². The maximum absolute atomic E-state index is 12.5. The summed E-state index contributed by atoms with van der Waals surface area (Å²) in [7, 11) is 1.67. The predicted molar refractivity (Wildman–Crippen MR) is 85.8 cm³/mol. The smallest absolute Gasteiger partial charge is 0.355 e. The van der Waals surface area contributed by atoms with Gasteiger partial charge in [0.15, 0.2) is 5.96 Å². The minimum atomic E-state index is -4.40. The molecule has 1 fully saturated rings. The topological polar surface area (TPSA) is 65.5 Å². The summed E-state index contributed by atoms with van der Waals surface area (Å²) in [6, 6.07) is 4.57. The normalized spacial score (nSPS) is 20.5. The van der Waals surface area contributed by atoms with Crippen LogP contribution in [-0.4, -0.2) is 38.0 Å². The number of guanidine groups is 1. The number of alkyl halides is 3. The number of carbonyl (C=O) groups is 1. The first-order valence-corrected chi connectivity index (χ1v) is 7.74. The van der Waals surface area contributed by atoms with Crippen LogP contribution < -0.4 is 16.0 Å². The summed E-state index contributed by atoms with van der Waals surface area (Å²) in [5, 5.41) is 8.97. The Labute approximate surface area is 138 Å². The Bertz CT molecular complexity index is 598. The summed E-state index contributed by atoms with van der Waals surface area (Å²) >= 11 is 0. The van der Waals surface area contributed by atoms with Crippen LogP contribution in [0.4, 0.5) is 13.2 Å². The molecule has 1 saturated carbocycles. The van der Waals surface area contributed by atoms with E-state index < -0.39 is 17.6 Å². The van der Waals surface area contributed by atoms with E-state index in [0.717, 1.165) is 18.6 Å².